The molecule has 1 heterocycles. The zero-order chi connectivity index (χ0) is 30.3. The molecule has 0 spiro atoms. The van der Waals surface area contributed by atoms with Crippen LogP contribution in [-0.2, 0) is 29.0 Å². The van der Waals surface area contributed by atoms with Crippen molar-refractivity contribution >= 4 is 12.1 Å². The van der Waals surface area contributed by atoms with Gasteiger partial charge in [0.25, 0.3) is 0 Å². The standard InChI is InChI=1S/C33H42N2O6/c1-20(2)17-27-25(18-34-32(37)41-33(5,6)7)29(23-15-13-21(3)14-16-23)26(22(4)35-27)19-40-30-24(31(36)39-9)11-10-12-28(30)38-8/h10-16,20H,17-19H2,1-9H3,(H,34,37). The van der Waals surface area contributed by atoms with E-state index in [1.165, 1.54) is 14.2 Å². The third-order valence-corrected chi connectivity index (χ3v) is 6.41. The van der Waals surface area contributed by atoms with Crippen molar-refractivity contribution in [1.82, 2.24) is 10.3 Å². The molecule has 220 valence electrons. The Kier molecular flexibility index (Phi) is 10.4. The maximum Gasteiger partial charge on any atom is 0.407 e. The average molecular weight is 563 g/mol. The van der Waals surface area contributed by atoms with Crippen molar-refractivity contribution < 1.29 is 28.5 Å². The summed E-state index contributed by atoms with van der Waals surface area (Å²) < 4.78 is 22.3. The maximum atomic E-state index is 12.7. The number of aromatic nitrogens is 1. The second-order valence-corrected chi connectivity index (χ2v) is 11.4. The van der Waals surface area contributed by atoms with Gasteiger partial charge in [0, 0.05) is 29.1 Å². The summed E-state index contributed by atoms with van der Waals surface area (Å²) in [5.74, 6) is 0.516. The lowest BCUT2D eigenvalue weighted by Gasteiger charge is -2.24. The van der Waals surface area contributed by atoms with E-state index >= 15 is 0 Å². The van der Waals surface area contributed by atoms with Crippen LogP contribution in [0.5, 0.6) is 11.5 Å². The Bertz CT molecular complexity index is 1370. The van der Waals surface area contributed by atoms with Crippen molar-refractivity contribution in [2.45, 2.75) is 73.6 Å². The molecule has 0 bridgehead atoms. The number of hydrogen-bond acceptors (Lipinski definition) is 7. The number of aryl methyl sites for hydroxylation is 2. The molecule has 0 saturated carbocycles. The second kappa shape index (κ2) is 13.5. The summed E-state index contributed by atoms with van der Waals surface area (Å²) in [6.07, 6.45) is 0.225. The zero-order valence-electron chi connectivity index (χ0n) is 25.6. The van der Waals surface area contributed by atoms with Gasteiger partial charge in [0.2, 0.25) is 0 Å². The molecule has 41 heavy (non-hydrogen) atoms. The minimum atomic E-state index is -0.624. The van der Waals surface area contributed by atoms with Crippen LogP contribution in [0.1, 0.15) is 73.1 Å². The van der Waals surface area contributed by atoms with Crippen LogP contribution < -0.4 is 14.8 Å². The van der Waals surface area contributed by atoms with Crippen molar-refractivity contribution in [2.24, 2.45) is 5.92 Å². The van der Waals surface area contributed by atoms with Crippen molar-refractivity contribution in [1.29, 1.82) is 0 Å². The van der Waals surface area contributed by atoms with E-state index < -0.39 is 17.7 Å². The predicted octanol–water partition coefficient (Wildman–Crippen LogP) is 6.96. The number of pyridine rings is 1. The highest BCUT2D eigenvalue weighted by Crippen LogP contribution is 2.36. The Hall–Kier alpha value is -4.07. The summed E-state index contributed by atoms with van der Waals surface area (Å²) in [5.41, 5.74) is 6.10. The molecular formula is C33H42N2O6. The van der Waals surface area contributed by atoms with Gasteiger partial charge in [-0.05, 0) is 70.2 Å². The van der Waals surface area contributed by atoms with Crippen LogP contribution in [0.3, 0.4) is 0 Å². The quantitative estimate of drug-likeness (QED) is 0.267. The first-order valence-corrected chi connectivity index (χ1v) is 13.8. The minimum Gasteiger partial charge on any atom is -0.493 e. The van der Waals surface area contributed by atoms with E-state index in [2.05, 4.69) is 43.4 Å². The molecule has 1 amide bonds. The third-order valence-electron chi connectivity index (χ3n) is 6.41. The van der Waals surface area contributed by atoms with Crippen LogP contribution in [0.15, 0.2) is 42.5 Å². The average Bonchev–Trinajstić information content (AvgIpc) is 2.90. The van der Waals surface area contributed by atoms with Gasteiger partial charge in [0.15, 0.2) is 11.5 Å². The number of hydrogen-bond donors (Lipinski definition) is 1. The fourth-order valence-electron chi connectivity index (χ4n) is 4.55. The van der Waals surface area contributed by atoms with Crippen molar-refractivity contribution in [3.8, 4) is 22.6 Å². The van der Waals surface area contributed by atoms with Crippen molar-refractivity contribution in [3.63, 3.8) is 0 Å². The number of carbonyl (C=O) groups excluding carboxylic acids is 2. The first-order chi connectivity index (χ1) is 19.3. The monoisotopic (exact) mass is 562 g/mol. The number of nitrogens with zero attached hydrogens (tertiary/aromatic N) is 1. The van der Waals surface area contributed by atoms with Gasteiger partial charge in [0.05, 0.1) is 14.2 Å². The lowest BCUT2D eigenvalue weighted by Crippen LogP contribution is -2.32. The zero-order valence-corrected chi connectivity index (χ0v) is 25.6. The number of rotatable bonds is 10. The summed E-state index contributed by atoms with van der Waals surface area (Å²) >= 11 is 0. The predicted molar refractivity (Wildman–Crippen MR) is 159 cm³/mol. The van der Waals surface area contributed by atoms with Gasteiger partial charge >= 0.3 is 12.1 Å². The third kappa shape index (κ3) is 8.22. The number of amides is 1. The van der Waals surface area contributed by atoms with Gasteiger partial charge in [-0.1, -0.05) is 49.7 Å². The molecular weight excluding hydrogens is 520 g/mol. The summed E-state index contributed by atoms with van der Waals surface area (Å²) in [5, 5.41) is 2.94. The highest BCUT2D eigenvalue weighted by Gasteiger charge is 2.24. The normalized spacial score (nSPS) is 11.3. The van der Waals surface area contributed by atoms with Crippen molar-refractivity contribution in [3.05, 3.63) is 76.1 Å². The summed E-state index contributed by atoms with van der Waals surface area (Å²) in [6.45, 7) is 14.1. The first kappa shape index (κ1) is 31.5. The van der Waals surface area contributed by atoms with Gasteiger partial charge < -0.3 is 24.3 Å². The van der Waals surface area contributed by atoms with Crippen LogP contribution in [0.25, 0.3) is 11.1 Å². The Morgan fingerprint density at radius 3 is 2.24 bits per heavy atom. The molecule has 0 atom stereocenters. The first-order valence-electron chi connectivity index (χ1n) is 13.8. The van der Waals surface area contributed by atoms with Crippen LogP contribution in [0, 0.1) is 19.8 Å². The highest BCUT2D eigenvalue weighted by atomic mass is 16.6. The SMILES string of the molecule is COC(=O)c1cccc(OC)c1OCc1c(C)nc(CC(C)C)c(CNC(=O)OC(C)(C)C)c1-c1ccc(C)cc1. The molecule has 0 saturated heterocycles. The minimum absolute atomic E-state index is 0.105. The van der Waals surface area contributed by atoms with E-state index in [4.69, 9.17) is 23.9 Å². The largest absolute Gasteiger partial charge is 0.493 e. The van der Waals surface area contributed by atoms with Gasteiger partial charge in [-0.3, -0.25) is 4.98 Å². The number of para-hydroxylation sites is 1. The van der Waals surface area contributed by atoms with E-state index in [0.717, 1.165) is 45.6 Å². The molecule has 0 aliphatic carbocycles. The molecule has 8 nitrogen and oxygen atoms in total. The molecule has 0 radical (unpaired) electrons. The number of esters is 1. The van der Waals surface area contributed by atoms with Crippen molar-refractivity contribution in [2.75, 3.05) is 14.2 Å². The molecule has 3 aromatic rings. The lowest BCUT2D eigenvalue weighted by atomic mass is 9.90. The van der Waals surface area contributed by atoms with Gasteiger partial charge in [0.1, 0.15) is 17.8 Å². The molecule has 0 aliphatic rings. The number of alkyl carbamates (subject to hydrolysis) is 1. The number of benzene rings is 2. The van der Waals surface area contributed by atoms with Crippen LogP contribution >= 0.6 is 0 Å². The molecule has 0 unspecified atom stereocenters. The lowest BCUT2D eigenvalue weighted by molar-refractivity contribution is 0.0522. The Balaban J connectivity index is 2.18. The Morgan fingerprint density at radius 1 is 0.976 bits per heavy atom. The molecule has 2 aromatic carbocycles. The Morgan fingerprint density at radius 2 is 1.66 bits per heavy atom. The van der Waals surface area contributed by atoms with Gasteiger partial charge in [-0.15, -0.1) is 0 Å². The van der Waals surface area contributed by atoms with E-state index in [0.29, 0.717) is 11.7 Å². The summed E-state index contributed by atoms with van der Waals surface area (Å²) in [6, 6.07) is 13.3. The topological polar surface area (TPSA) is 96.0 Å². The summed E-state index contributed by atoms with van der Waals surface area (Å²) in [4.78, 5) is 30.2. The number of ether oxygens (including phenoxy) is 4. The fourth-order valence-corrected chi connectivity index (χ4v) is 4.55. The molecule has 1 N–H and O–H groups in total. The number of carbonyl (C=O) groups is 2. The van der Waals surface area contributed by atoms with Crippen LogP contribution in [-0.4, -0.2) is 36.9 Å². The summed E-state index contributed by atoms with van der Waals surface area (Å²) in [7, 11) is 2.85. The fraction of sp³-hybridized carbons (Fsp3) is 0.424. The number of nitrogens with one attached hydrogen (secondary N) is 1. The van der Waals surface area contributed by atoms with E-state index in [9.17, 15) is 9.59 Å². The molecule has 0 fully saturated rings. The van der Waals surface area contributed by atoms with Crippen LogP contribution in [0.2, 0.25) is 0 Å². The number of methoxy groups -OCH3 is 2. The van der Waals surface area contributed by atoms with E-state index in [1.807, 2.05) is 34.6 Å². The van der Waals surface area contributed by atoms with E-state index in [1.54, 1.807) is 18.2 Å². The smallest absolute Gasteiger partial charge is 0.407 e. The molecule has 3 rings (SSSR count). The van der Waals surface area contributed by atoms with Crippen LogP contribution in [0.4, 0.5) is 4.79 Å². The Labute approximate surface area is 243 Å². The van der Waals surface area contributed by atoms with Gasteiger partial charge in [-0.2, -0.15) is 0 Å². The van der Waals surface area contributed by atoms with Gasteiger partial charge in [-0.25, -0.2) is 9.59 Å². The highest BCUT2D eigenvalue weighted by molar-refractivity contribution is 5.93. The molecule has 1 aromatic heterocycles. The molecule has 8 heteroatoms. The maximum absolute atomic E-state index is 12.7. The second-order valence-electron chi connectivity index (χ2n) is 11.4. The van der Waals surface area contributed by atoms with E-state index in [-0.39, 0.29) is 24.5 Å². The molecule has 0 aliphatic heterocycles.